The first-order valence-corrected chi connectivity index (χ1v) is 6.54. The van der Waals surface area contributed by atoms with E-state index in [0.717, 1.165) is 10.9 Å². The average Bonchev–Trinajstić information content (AvgIpc) is 2.49. The highest BCUT2D eigenvalue weighted by Gasteiger charge is 2.35. The van der Waals surface area contributed by atoms with Gasteiger partial charge in [-0.2, -0.15) is 0 Å². The molecule has 0 aliphatic carbocycles. The quantitative estimate of drug-likeness (QED) is 0.803. The second kappa shape index (κ2) is 4.90. The second-order valence-corrected chi connectivity index (χ2v) is 4.80. The summed E-state index contributed by atoms with van der Waals surface area (Å²) in [5.74, 6) is -0.147. The third-order valence-electron chi connectivity index (χ3n) is 3.61. The monoisotopic (exact) mass is 252 g/mol. The summed E-state index contributed by atoms with van der Waals surface area (Å²) in [6, 6.07) is 19.8. The fourth-order valence-electron chi connectivity index (χ4n) is 2.69. The lowest BCUT2D eigenvalue weighted by atomic mass is 9.41. The van der Waals surface area contributed by atoms with Crippen LogP contribution in [0.25, 0.3) is 0 Å². The number of hydrogen-bond acceptors (Lipinski definition) is 3. The van der Waals surface area contributed by atoms with Crippen molar-refractivity contribution in [3.8, 4) is 0 Å². The van der Waals surface area contributed by atoms with Crippen molar-refractivity contribution in [1.29, 1.82) is 0 Å². The van der Waals surface area contributed by atoms with Gasteiger partial charge in [-0.25, -0.2) is 0 Å². The molecule has 0 atom stereocenters. The summed E-state index contributed by atoms with van der Waals surface area (Å²) in [7, 11) is 0. The minimum absolute atomic E-state index is 0.147. The molecule has 19 heavy (non-hydrogen) atoms. The van der Waals surface area contributed by atoms with Crippen molar-refractivity contribution in [3.05, 3.63) is 60.7 Å². The van der Waals surface area contributed by atoms with Crippen LogP contribution in [0.2, 0.25) is 0 Å². The number of rotatable bonds is 2. The predicted octanol–water partition coefficient (Wildman–Crippen LogP) is 0.779. The molecule has 3 rings (SSSR count). The van der Waals surface area contributed by atoms with Crippen LogP contribution < -0.4 is 16.2 Å². The van der Waals surface area contributed by atoms with Crippen molar-refractivity contribution in [2.75, 3.05) is 6.54 Å². The van der Waals surface area contributed by atoms with Crippen molar-refractivity contribution < 1.29 is 9.45 Å². The zero-order valence-electron chi connectivity index (χ0n) is 10.6. The Labute approximate surface area is 112 Å². The summed E-state index contributed by atoms with van der Waals surface area (Å²) in [5.41, 5.74) is 2.00. The number of carbonyl (C=O) groups excluding carboxylic acids is 1. The number of carbonyl (C=O) groups is 1. The molecule has 1 N–H and O–H groups in total. The molecule has 1 fully saturated rings. The zero-order chi connectivity index (χ0) is 13.1. The molecule has 1 aliphatic heterocycles. The molecule has 1 aliphatic rings. The van der Waals surface area contributed by atoms with Crippen molar-refractivity contribution >= 4 is 23.4 Å². The van der Waals surface area contributed by atoms with E-state index in [1.807, 2.05) is 60.7 Å². The van der Waals surface area contributed by atoms with Crippen LogP contribution in [0, 0.1) is 0 Å². The van der Waals surface area contributed by atoms with Gasteiger partial charge >= 0.3 is 0 Å². The molecule has 1 saturated heterocycles. The molecule has 0 unspecified atom stereocenters. The molecule has 1 heterocycles. The topological polar surface area (TPSA) is 38.3 Å². The third-order valence-corrected chi connectivity index (χ3v) is 3.61. The van der Waals surface area contributed by atoms with Gasteiger partial charge in [0.15, 0.2) is 0 Å². The molecule has 3 nitrogen and oxygen atoms in total. The summed E-state index contributed by atoms with van der Waals surface area (Å²) < 4.78 is 5.76. The van der Waals surface area contributed by atoms with Crippen LogP contribution in [0.4, 0.5) is 0 Å². The SMILES string of the molecule is O=C1CCN[B-](c2ccccc2)(c2ccccc2)O1. The van der Waals surface area contributed by atoms with E-state index in [0.29, 0.717) is 13.0 Å². The van der Waals surface area contributed by atoms with Crippen molar-refractivity contribution in [3.63, 3.8) is 0 Å². The minimum atomic E-state index is -1.64. The largest absolute Gasteiger partial charge is 0.668 e. The Balaban J connectivity index is 2.13. The zero-order valence-corrected chi connectivity index (χ0v) is 10.6. The first kappa shape index (κ1) is 12.0. The van der Waals surface area contributed by atoms with E-state index in [1.54, 1.807) is 0 Å². The van der Waals surface area contributed by atoms with E-state index in [1.165, 1.54) is 0 Å². The van der Waals surface area contributed by atoms with Gasteiger partial charge in [-0.3, -0.25) is 4.79 Å². The van der Waals surface area contributed by atoms with Gasteiger partial charge in [0.2, 0.25) is 0 Å². The van der Waals surface area contributed by atoms with Gasteiger partial charge in [0.25, 0.3) is 12.5 Å². The highest BCUT2D eigenvalue weighted by Crippen LogP contribution is 2.10. The summed E-state index contributed by atoms with van der Waals surface area (Å²) in [5, 5.41) is 3.42. The maximum atomic E-state index is 11.8. The molecule has 2 aromatic rings. The summed E-state index contributed by atoms with van der Waals surface area (Å²) in [6.07, 6.45) is 0.420. The normalized spacial score (nSPS) is 17.8. The first-order chi connectivity index (χ1) is 9.31. The maximum Gasteiger partial charge on any atom is 0.293 e. The lowest BCUT2D eigenvalue weighted by Gasteiger charge is -2.46. The van der Waals surface area contributed by atoms with Crippen LogP contribution >= 0.6 is 0 Å². The third kappa shape index (κ3) is 2.15. The van der Waals surface area contributed by atoms with Crippen molar-refractivity contribution in [2.24, 2.45) is 0 Å². The molecule has 0 radical (unpaired) electrons. The Hall–Kier alpha value is -2.07. The van der Waals surface area contributed by atoms with Crippen LogP contribution in [0.3, 0.4) is 0 Å². The Morgan fingerprint density at radius 2 is 1.42 bits per heavy atom. The smallest absolute Gasteiger partial charge is 0.293 e. The molecule has 0 saturated carbocycles. The van der Waals surface area contributed by atoms with Gasteiger partial charge in [-0.1, -0.05) is 60.7 Å². The average molecular weight is 252 g/mol. The maximum absolute atomic E-state index is 11.8. The fraction of sp³-hybridized carbons (Fsp3) is 0.133. The van der Waals surface area contributed by atoms with Crippen molar-refractivity contribution in [2.45, 2.75) is 6.42 Å². The molecule has 0 bridgehead atoms. The van der Waals surface area contributed by atoms with Gasteiger partial charge in [0.05, 0.1) is 6.42 Å². The highest BCUT2D eigenvalue weighted by atomic mass is 16.5. The Kier molecular flexibility index (Phi) is 3.09. The first-order valence-electron chi connectivity index (χ1n) is 6.54. The van der Waals surface area contributed by atoms with E-state index >= 15 is 0 Å². The number of hydrogen-bond donors (Lipinski definition) is 1. The van der Waals surface area contributed by atoms with Crippen LogP contribution in [-0.2, 0) is 9.45 Å². The Morgan fingerprint density at radius 3 is 1.89 bits per heavy atom. The lowest BCUT2D eigenvalue weighted by Crippen LogP contribution is -2.73. The van der Waals surface area contributed by atoms with Crippen LogP contribution in [-0.4, -0.2) is 19.0 Å². The Morgan fingerprint density at radius 1 is 0.895 bits per heavy atom. The highest BCUT2D eigenvalue weighted by molar-refractivity contribution is 6.96. The molecule has 96 valence electrons. The van der Waals surface area contributed by atoms with E-state index in [4.69, 9.17) is 4.65 Å². The van der Waals surface area contributed by atoms with E-state index in [9.17, 15) is 4.79 Å². The molecule has 0 aromatic heterocycles. The van der Waals surface area contributed by atoms with Gasteiger partial charge in [-0.15, -0.1) is 10.9 Å². The molecule has 0 spiro atoms. The second-order valence-electron chi connectivity index (χ2n) is 4.80. The van der Waals surface area contributed by atoms with Gasteiger partial charge in [0.1, 0.15) is 0 Å². The van der Waals surface area contributed by atoms with Crippen LogP contribution in [0.15, 0.2) is 60.7 Å². The standard InChI is InChI=1S/C15H15BNO2/c18-15-11-12-17-16(19-15,13-7-3-1-4-8-13)14-9-5-2-6-10-14/h1-10,17H,11-12H2/q-1. The number of benzene rings is 2. The molecular formula is C15H15BNO2-. The van der Waals surface area contributed by atoms with Crippen LogP contribution in [0.5, 0.6) is 0 Å². The summed E-state index contributed by atoms with van der Waals surface area (Å²) >= 11 is 0. The van der Waals surface area contributed by atoms with E-state index < -0.39 is 6.48 Å². The number of nitrogens with one attached hydrogen (secondary N) is 1. The fourth-order valence-corrected chi connectivity index (χ4v) is 2.69. The summed E-state index contributed by atoms with van der Waals surface area (Å²) in [4.78, 5) is 11.8. The lowest BCUT2D eigenvalue weighted by molar-refractivity contribution is -0.136. The van der Waals surface area contributed by atoms with Crippen molar-refractivity contribution in [1.82, 2.24) is 5.23 Å². The Bertz CT molecular complexity index is 532. The van der Waals surface area contributed by atoms with Gasteiger partial charge in [-0.05, 0) is 6.54 Å². The molecule has 0 amide bonds. The molecule has 2 aromatic carbocycles. The minimum Gasteiger partial charge on any atom is -0.668 e. The van der Waals surface area contributed by atoms with Crippen LogP contribution in [0.1, 0.15) is 6.42 Å². The molecular weight excluding hydrogens is 237 g/mol. The predicted molar refractivity (Wildman–Crippen MR) is 76.6 cm³/mol. The summed E-state index contributed by atoms with van der Waals surface area (Å²) in [6.45, 7) is -1.00. The van der Waals surface area contributed by atoms with Gasteiger partial charge in [0, 0.05) is 0 Å². The molecule has 4 heteroatoms. The van der Waals surface area contributed by atoms with E-state index in [2.05, 4.69) is 5.23 Å². The van der Waals surface area contributed by atoms with E-state index in [-0.39, 0.29) is 5.97 Å². The van der Waals surface area contributed by atoms with Gasteiger partial charge < -0.3 is 9.88 Å².